The number of hydrogen-bond acceptors (Lipinski definition) is 5. The highest BCUT2D eigenvalue weighted by Gasteiger charge is 2.44. The predicted octanol–water partition coefficient (Wildman–Crippen LogP) is 2.99. The molecule has 0 spiro atoms. The lowest BCUT2D eigenvalue weighted by atomic mass is 9.85. The summed E-state index contributed by atoms with van der Waals surface area (Å²) in [6.07, 6.45) is -1.70. The van der Waals surface area contributed by atoms with Gasteiger partial charge in [0, 0.05) is 18.9 Å². The summed E-state index contributed by atoms with van der Waals surface area (Å²) in [6.45, 7) is 5.35. The number of β-amino-alcohol motifs (C(OH)–C–C–N with tert-alkyl or cyclic N) is 1. The van der Waals surface area contributed by atoms with Crippen molar-refractivity contribution in [2.75, 3.05) is 13.2 Å². The third kappa shape index (κ3) is 4.50. The standard InChI is InChI=1S/C26H30N2O6/c1-26(2,3)22(23(30)28-13-15(29)12-21(28)24(31)32)27-25(33)34-14-20-18-10-6-4-8-16(18)17-9-5-7-11-19(17)20/h4-11,15,20-22,29H,12-14H2,1-3H3,(H,27,33)(H,31,32)/t15?,21-,22-/m0/s1. The molecular formula is C26H30N2O6. The largest absolute Gasteiger partial charge is 0.480 e. The number of nitrogens with zero attached hydrogens (tertiary/aromatic N) is 1. The molecule has 1 aliphatic heterocycles. The van der Waals surface area contributed by atoms with Gasteiger partial charge in [0.2, 0.25) is 5.91 Å². The summed E-state index contributed by atoms with van der Waals surface area (Å²) in [5.41, 5.74) is 3.68. The summed E-state index contributed by atoms with van der Waals surface area (Å²) < 4.78 is 5.59. The molecule has 34 heavy (non-hydrogen) atoms. The van der Waals surface area contributed by atoms with Crippen LogP contribution in [0.5, 0.6) is 0 Å². The van der Waals surface area contributed by atoms with Crippen LogP contribution in [0.1, 0.15) is 44.2 Å². The van der Waals surface area contributed by atoms with Gasteiger partial charge in [-0.3, -0.25) is 4.79 Å². The second-order valence-corrected chi connectivity index (χ2v) is 10.0. The summed E-state index contributed by atoms with van der Waals surface area (Å²) in [4.78, 5) is 38.8. The van der Waals surface area contributed by atoms with Gasteiger partial charge in [-0.1, -0.05) is 69.3 Å². The number of carboxylic acid groups (broad SMARTS) is 1. The highest BCUT2D eigenvalue weighted by Crippen LogP contribution is 2.44. The number of aliphatic hydroxyl groups excluding tert-OH is 1. The molecule has 0 aromatic heterocycles. The Bertz CT molecular complexity index is 1060. The van der Waals surface area contributed by atoms with Crippen LogP contribution >= 0.6 is 0 Å². The number of aliphatic hydroxyl groups is 1. The lowest BCUT2D eigenvalue weighted by molar-refractivity contribution is -0.150. The molecule has 1 unspecified atom stereocenters. The number of benzene rings is 2. The van der Waals surface area contributed by atoms with Crippen LogP contribution in [0.15, 0.2) is 48.5 Å². The van der Waals surface area contributed by atoms with Crippen molar-refractivity contribution in [3.05, 3.63) is 59.7 Å². The molecule has 4 rings (SSSR count). The van der Waals surface area contributed by atoms with Gasteiger partial charge in [-0.2, -0.15) is 0 Å². The van der Waals surface area contributed by atoms with Crippen LogP contribution in [0.2, 0.25) is 0 Å². The van der Waals surface area contributed by atoms with Crippen LogP contribution in [-0.2, 0) is 14.3 Å². The molecule has 8 nitrogen and oxygen atoms in total. The van der Waals surface area contributed by atoms with E-state index in [0.29, 0.717) is 0 Å². The molecule has 0 saturated carbocycles. The van der Waals surface area contributed by atoms with E-state index >= 15 is 0 Å². The zero-order chi connectivity index (χ0) is 24.6. The fourth-order valence-electron chi connectivity index (χ4n) is 4.86. The zero-order valence-electron chi connectivity index (χ0n) is 19.5. The van der Waals surface area contributed by atoms with Gasteiger partial charge in [0.05, 0.1) is 6.10 Å². The number of alkyl carbamates (subject to hydrolysis) is 1. The molecule has 0 radical (unpaired) electrons. The molecule has 1 fully saturated rings. The van der Waals surface area contributed by atoms with Crippen molar-refractivity contribution < 1.29 is 29.3 Å². The highest BCUT2D eigenvalue weighted by molar-refractivity contribution is 5.90. The summed E-state index contributed by atoms with van der Waals surface area (Å²) in [5.74, 6) is -1.85. The summed E-state index contributed by atoms with van der Waals surface area (Å²) in [6, 6.07) is 13.9. The monoisotopic (exact) mass is 466 g/mol. The summed E-state index contributed by atoms with van der Waals surface area (Å²) in [7, 11) is 0. The predicted molar refractivity (Wildman–Crippen MR) is 125 cm³/mol. The normalized spacial score (nSPS) is 20.4. The molecule has 8 heteroatoms. The molecule has 1 aliphatic carbocycles. The first-order valence-corrected chi connectivity index (χ1v) is 11.4. The van der Waals surface area contributed by atoms with Crippen LogP contribution in [-0.4, -0.2) is 64.4 Å². The van der Waals surface area contributed by atoms with Gasteiger partial charge >= 0.3 is 12.1 Å². The lowest BCUT2D eigenvalue weighted by Crippen LogP contribution is -2.57. The van der Waals surface area contributed by atoms with Gasteiger partial charge in [0.1, 0.15) is 18.7 Å². The fourth-order valence-corrected chi connectivity index (χ4v) is 4.86. The molecule has 2 aliphatic rings. The first kappa shape index (κ1) is 23.8. The molecule has 3 atom stereocenters. The average Bonchev–Trinajstić information content (AvgIpc) is 3.33. The van der Waals surface area contributed by atoms with E-state index in [9.17, 15) is 24.6 Å². The fraction of sp³-hybridized carbons (Fsp3) is 0.423. The van der Waals surface area contributed by atoms with Crippen molar-refractivity contribution in [2.24, 2.45) is 5.41 Å². The number of likely N-dealkylation sites (tertiary alicyclic amines) is 1. The first-order valence-electron chi connectivity index (χ1n) is 11.4. The number of aliphatic carboxylic acids is 1. The van der Waals surface area contributed by atoms with E-state index in [1.54, 1.807) is 20.8 Å². The van der Waals surface area contributed by atoms with Crippen molar-refractivity contribution in [1.29, 1.82) is 0 Å². The minimum absolute atomic E-state index is 0.0388. The van der Waals surface area contributed by atoms with Gasteiger partial charge in [-0.05, 0) is 27.7 Å². The van der Waals surface area contributed by atoms with Gasteiger partial charge in [0.15, 0.2) is 0 Å². The second-order valence-electron chi connectivity index (χ2n) is 10.0. The molecule has 2 aromatic rings. The van der Waals surface area contributed by atoms with Crippen LogP contribution in [0.4, 0.5) is 4.79 Å². The smallest absolute Gasteiger partial charge is 0.407 e. The Hall–Kier alpha value is -3.39. The number of carboxylic acids is 1. The van der Waals surface area contributed by atoms with Crippen LogP contribution < -0.4 is 5.32 Å². The maximum absolute atomic E-state index is 13.3. The van der Waals surface area contributed by atoms with E-state index in [1.807, 2.05) is 48.5 Å². The summed E-state index contributed by atoms with van der Waals surface area (Å²) in [5, 5.41) is 22.0. The number of nitrogens with one attached hydrogen (secondary N) is 1. The topological polar surface area (TPSA) is 116 Å². The van der Waals surface area contributed by atoms with Crippen LogP contribution in [0, 0.1) is 5.41 Å². The average molecular weight is 467 g/mol. The Morgan fingerprint density at radius 3 is 2.15 bits per heavy atom. The van der Waals surface area contributed by atoms with Crippen molar-refractivity contribution in [3.63, 3.8) is 0 Å². The second kappa shape index (κ2) is 9.10. The number of carbonyl (C=O) groups is 3. The third-order valence-electron chi connectivity index (χ3n) is 6.57. The third-order valence-corrected chi connectivity index (χ3v) is 6.57. The molecule has 2 amide bonds. The number of amides is 2. The minimum atomic E-state index is -1.18. The van der Waals surface area contributed by atoms with E-state index in [1.165, 1.54) is 0 Å². The zero-order valence-corrected chi connectivity index (χ0v) is 19.5. The molecule has 1 saturated heterocycles. The van der Waals surface area contributed by atoms with E-state index < -0.39 is 41.6 Å². The van der Waals surface area contributed by atoms with Gasteiger partial charge in [-0.15, -0.1) is 0 Å². The van der Waals surface area contributed by atoms with Gasteiger partial charge in [0.25, 0.3) is 0 Å². The lowest BCUT2D eigenvalue weighted by Gasteiger charge is -2.34. The van der Waals surface area contributed by atoms with E-state index in [4.69, 9.17) is 4.74 Å². The number of rotatable bonds is 5. The minimum Gasteiger partial charge on any atom is -0.480 e. The first-order chi connectivity index (χ1) is 16.1. The number of fused-ring (bicyclic) bond motifs is 3. The molecule has 180 valence electrons. The quantitative estimate of drug-likeness (QED) is 0.624. The van der Waals surface area contributed by atoms with Crippen LogP contribution in [0.25, 0.3) is 11.1 Å². The Balaban J connectivity index is 1.48. The molecule has 1 heterocycles. The highest BCUT2D eigenvalue weighted by atomic mass is 16.5. The number of carbonyl (C=O) groups excluding carboxylic acids is 2. The Labute approximate surface area is 198 Å². The maximum Gasteiger partial charge on any atom is 0.407 e. The van der Waals surface area contributed by atoms with E-state index in [-0.39, 0.29) is 25.5 Å². The Morgan fingerprint density at radius 1 is 1.06 bits per heavy atom. The molecule has 0 bridgehead atoms. The Kier molecular flexibility index (Phi) is 6.36. The van der Waals surface area contributed by atoms with Gasteiger partial charge in [-0.25, -0.2) is 9.59 Å². The van der Waals surface area contributed by atoms with E-state index in [2.05, 4.69) is 5.32 Å². The van der Waals surface area contributed by atoms with Crippen molar-refractivity contribution >= 4 is 18.0 Å². The molecular weight excluding hydrogens is 436 g/mol. The summed E-state index contributed by atoms with van der Waals surface area (Å²) >= 11 is 0. The maximum atomic E-state index is 13.3. The van der Waals surface area contributed by atoms with Crippen molar-refractivity contribution in [1.82, 2.24) is 10.2 Å². The SMILES string of the molecule is CC(C)(C)[C@@H](NC(=O)OCC1c2ccccc2-c2ccccc21)C(=O)N1CC(O)C[C@H]1C(=O)O. The molecule has 3 N–H and O–H groups in total. The number of ether oxygens (including phenoxy) is 1. The van der Waals surface area contributed by atoms with E-state index in [0.717, 1.165) is 27.2 Å². The van der Waals surface area contributed by atoms with Gasteiger partial charge < -0.3 is 25.2 Å². The van der Waals surface area contributed by atoms with Crippen molar-refractivity contribution in [2.45, 2.75) is 51.3 Å². The van der Waals surface area contributed by atoms with Crippen molar-refractivity contribution in [3.8, 4) is 11.1 Å². The molecule has 2 aromatic carbocycles. The number of hydrogen-bond donors (Lipinski definition) is 3. The van der Waals surface area contributed by atoms with Crippen LogP contribution in [0.3, 0.4) is 0 Å². The Morgan fingerprint density at radius 2 is 1.62 bits per heavy atom.